The van der Waals surface area contributed by atoms with Crippen molar-refractivity contribution in [3.8, 4) is 0 Å². The molecule has 0 bridgehead atoms. The highest BCUT2D eigenvalue weighted by Gasteiger charge is 2.23. The molecule has 1 fully saturated rings. The van der Waals surface area contributed by atoms with Gasteiger partial charge >= 0.3 is 0 Å². The van der Waals surface area contributed by atoms with Gasteiger partial charge in [-0.2, -0.15) is 0 Å². The number of aliphatic imine (C=N–C) groups is 1. The molecule has 27 heavy (non-hydrogen) atoms. The van der Waals surface area contributed by atoms with E-state index in [0.29, 0.717) is 22.5 Å². The number of ether oxygens (including phenoxy) is 1. The number of hydrogen-bond donors (Lipinski definition) is 2. The molecule has 3 rings (SSSR count). The Balaban J connectivity index is 1.66. The Morgan fingerprint density at radius 1 is 1.33 bits per heavy atom. The second kappa shape index (κ2) is 9.75. The van der Waals surface area contributed by atoms with Crippen LogP contribution in [0.1, 0.15) is 29.4 Å². The van der Waals surface area contributed by atoms with Crippen LogP contribution in [0.2, 0.25) is 10.0 Å². The average Bonchev–Trinajstić information content (AvgIpc) is 3.17. The molecular formula is C19H24Cl2N4OS. The number of benzene rings is 1. The number of halogens is 2. The lowest BCUT2D eigenvalue weighted by atomic mass is 10.1. The molecule has 1 aliphatic heterocycles. The minimum absolute atomic E-state index is 0.0675. The van der Waals surface area contributed by atoms with E-state index in [-0.39, 0.29) is 12.1 Å². The van der Waals surface area contributed by atoms with Crippen LogP contribution in [0.25, 0.3) is 0 Å². The molecule has 1 aliphatic rings. The summed E-state index contributed by atoms with van der Waals surface area (Å²) in [5.41, 5.74) is 7.09. The summed E-state index contributed by atoms with van der Waals surface area (Å²) in [4.78, 5) is 8.31. The molecule has 2 unspecified atom stereocenters. The molecule has 1 aromatic carbocycles. The van der Waals surface area contributed by atoms with Gasteiger partial charge < -0.3 is 15.8 Å². The Labute approximate surface area is 174 Å². The number of thiophene rings is 1. The van der Waals surface area contributed by atoms with Crippen LogP contribution < -0.4 is 11.1 Å². The number of nitrogens with two attached hydrogens (primary N) is 1. The maximum Gasteiger partial charge on any atom is 0.189 e. The second-order valence-corrected chi connectivity index (χ2v) is 8.26. The van der Waals surface area contributed by atoms with E-state index in [1.165, 1.54) is 4.88 Å². The number of nitrogens with one attached hydrogen (secondary N) is 1. The Kier molecular flexibility index (Phi) is 7.38. The fourth-order valence-corrected chi connectivity index (χ4v) is 4.56. The van der Waals surface area contributed by atoms with Crippen LogP contribution in [0.4, 0.5) is 0 Å². The molecular weight excluding hydrogens is 403 g/mol. The summed E-state index contributed by atoms with van der Waals surface area (Å²) in [5, 5.41) is 6.54. The van der Waals surface area contributed by atoms with Crippen molar-refractivity contribution in [2.45, 2.75) is 19.0 Å². The lowest BCUT2D eigenvalue weighted by Crippen LogP contribution is -2.41. The predicted molar refractivity (Wildman–Crippen MR) is 114 cm³/mol. The monoisotopic (exact) mass is 426 g/mol. The first-order valence-corrected chi connectivity index (χ1v) is 10.5. The van der Waals surface area contributed by atoms with Gasteiger partial charge in [0.05, 0.1) is 31.8 Å². The molecule has 146 valence electrons. The minimum Gasteiger partial charge on any atom is -0.379 e. The van der Waals surface area contributed by atoms with Crippen LogP contribution in [0, 0.1) is 0 Å². The molecule has 8 heteroatoms. The first-order valence-electron chi connectivity index (χ1n) is 8.91. The number of hydrogen-bond acceptors (Lipinski definition) is 4. The fraction of sp³-hybridized carbons (Fsp3) is 0.421. The summed E-state index contributed by atoms with van der Waals surface area (Å²) in [6.07, 6.45) is 0. The standard InChI is InChI=1S/C19H24Cl2N4OS/c1-13(15-5-4-14(20)11-16(15)21)24-19(22)23-12-17(18-3-2-10-27-18)25-6-8-26-9-7-25/h2-5,10-11,13,17H,6-9,12H2,1H3,(H3,22,23,24). The van der Waals surface area contributed by atoms with Crippen molar-refractivity contribution in [3.63, 3.8) is 0 Å². The number of nitrogens with zero attached hydrogens (tertiary/aromatic N) is 2. The maximum absolute atomic E-state index is 6.28. The lowest BCUT2D eigenvalue weighted by Gasteiger charge is -2.33. The van der Waals surface area contributed by atoms with Crippen LogP contribution >= 0.6 is 34.5 Å². The third-order valence-electron chi connectivity index (χ3n) is 4.59. The molecule has 0 aliphatic carbocycles. The zero-order chi connectivity index (χ0) is 19.2. The van der Waals surface area contributed by atoms with Crippen molar-refractivity contribution in [1.82, 2.24) is 10.2 Å². The molecule has 0 spiro atoms. The van der Waals surface area contributed by atoms with Crippen molar-refractivity contribution >= 4 is 40.5 Å². The van der Waals surface area contributed by atoms with Gasteiger partial charge in [-0.05, 0) is 36.1 Å². The minimum atomic E-state index is -0.0675. The van der Waals surface area contributed by atoms with E-state index in [1.54, 1.807) is 17.4 Å². The normalized spacial score (nSPS) is 18.3. The highest BCUT2D eigenvalue weighted by molar-refractivity contribution is 7.10. The van der Waals surface area contributed by atoms with Gasteiger partial charge in [-0.15, -0.1) is 11.3 Å². The molecule has 0 saturated carbocycles. The smallest absolute Gasteiger partial charge is 0.189 e. The SMILES string of the molecule is CC(NC(N)=NCC(c1cccs1)N1CCOCC1)c1ccc(Cl)cc1Cl. The topological polar surface area (TPSA) is 62.9 Å². The Morgan fingerprint density at radius 3 is 2.78 bits per heavy atom. The van der Waals surface area contributed by atoms with Gasteiger partial charge in [0.1, 0.15) is 0 Å². The molecule has 1 aromatic heterocycles. The van der Waals surface area contributed by atoms with E-state index in [2.05, 4.69) is 32.7 Å². The predicted octanol–water partition coefficient (Wildman–Crippen LogP) is 4.09. The number of morpholine rings is 1. The average molecular weight is 427 g/mol. The molecule has 5 nitrogen and oxygen atoms in total. The first-order chi connectivity index (χ1) is 13.0. The van der Waals surface area contributed by atoms with Gasteiger partial charge in [-0.1, -0.05) is 35.3 Å². The van der Waals surface area contributed by atoms with E-state index in [0.717, 1.165) is 31.9 Å². The van der Waals surface area contributed by atoms with Gasteiger partial charge in [-0.3, -0.25) is 9.89 Å². The molecule has 0 radical (unpaired) electrons. The number of rotatable bonds is 6. The summed E-state index contributed by atoms with van der Waals surface area (Å²) in [5.74, 6) is 0.406. The quantitative estimate of drug-likeness (QED) is 0.539. The summed E-state index contributed by atoms with van der Waals surface area (Å²) >= 11 is 14.0. The molecule has 1 saturated heterocycles. The van der Waals surface area contributed by atoms with Crippen LogP contribution in [-0.4, -0.2) is 43.7 Å². The molecule has 2 atom stereocenters. The largest absolute Gasteiger partial charge is 0.379 e. The third kappa shape index (κ3) is 5.59. The van der Waals surface area contributed by atoms with Gasteiger partial charge in [-0.25, -0.2) is 0 Å². The molecule has 2 heterocycles. The summed E-state index contributed by atoms with van der Waals surface area (Å²) in [6, 6.07) is 9.82. The van der Waals surface area contributed by atoms with E-state index in [9.17, 15) is 0 Å². The van der Waals surface area contributed by atoms with Crippen LogP contribution in [0.15, 0.2) is 40.7 Å². The summed E-state index contributed by atoms with van der Waals surface area (Å²) in [7, 11) is 0. The second-order valence-electron chi connectivity index (χ2n) is 6.44. The molecule has 3 N–H and O–H groups in total. The fourth-order valence-electron chi connectivity index (χ4n) is 3.14. The lowest BCUT2D eigenvalue weighted by molar-refractivity contribution is 0.0187. The molecule has 2 aromatic rings. The van der Waals surface area contributed by atoms with Gasteiger partial charge in [0.2, 0.25) is 0 Å². The van der Waals surface area contributed by atoms with Gasteiger partial charge in [0.25, 0.3) is 0 Å². The van der Waals surface area contributed by atoms with Gasteiger partial charge in [0, 0.05) is 28.0 Å². The van der Waals surface area contributed by atoms with E-state index in [4.69, 9.17) is 33.7 Å². The van der Waals surface area contributed by atoms with Crippen LogP contribution in [0.3, 0.4) is 0 Å². The van der Waals surface area contributed by atoms with Crippen molar-refractivity contribution in [2.75, 3.05) is 32.8 Å². The Bertz CT molecular complexity index is 763. The van der Waals surface area contributed by atoms with Crippen molar-refractivity contribution < 1.29 is 4.74 Å². The van der Waals surface area contributed by atoms with E-state index in [1.807, 2.05) is 19.1 Å². The first kappa shape index (κ1) is 20.4. The zero-order valence-corrected chi connectivity index (χ0v) is 17.5. The van der Waals surface area contributed by atoms with Crippen molar-refractivity contribution in [1.29, 1.82) is 0 Å². The van der Waals surface area contributed by atoms with Crippen molar-refractivity contribution in [3.05, 3.63) is 56.2 Å². The third-order valence-corrected chi connectivity index (χ3v) is 6.12. The summed E-state index contributed by atoms with van der Waals surface area (Å²) in [6.45, 7) is 5.91. The zero-order valence-electron chi connectivity index (χ0n) is 15.2. The van der Waals surface area contributed by atoms with Crippen LogP contribution in [0.5, 0.6) is 0 Å². The Morgan fingerprint density at radius 2 is 2.11 bits per heavy atom. The number of guanidine groups is 1. The van der Waals surface area contributed by atoms with Crippen molar-refractivity contribution in [2.24, 2.45) is 10.7 Å². The Hall–Kier alpha value is -1.31. The highest BCUT2D eigenvalue weighted by atomic mass is 35.5. The molecule has 0 amide bonds. The van der Waals surface area contributed by atoms with E-state index < -0.39 is 0 Å². The van der Waals surface area contributed by atoms with Gasteiger partial charge in [0.15, 0.2) is 5.96 Å². The van der Waals surface area contributed by atoms with Crippen LogP contribution in [-0.2, 0) is 4.74 Å². The van der Waals surface area contributed by atoms with E-state index >= 15 is 0 Å². The maximum atomic E-state index is 6.28. The highest BCUT2D eigenvalue weighted by Crippen LogP contribution is 2.27. The summed E-state index contributed by atoms with van der Waals surface area (Å²) < 4.78 is 5.48.